The monoisotopic (exact) mass is 421 g/mol. The normalized spacial score (nSPS) is 20.1. The molecule has 0 bridgehead atoms. The zero-order valence-electron chi connectivity index (χ0n) is 17.7. The summed E-state index contributed by atoms with van der Waals surface area (Å²) >= 11 is 0. The van der Waals surface area contributed by atoms with Crippen molar-refractivity contribution >= 4 is 23.3 Å². The van der Waals surface area contributed by atoms with E-state index in [2.05, 4.69) is 0 Å². The molecule has 0 radical (unpaired) electrons. The molecule has 2 atom stereocenters. The van der Waals surface area contributed by atoms with Crippen molar-refractivity contribution in [2.24, 2.45) is 11.8 Å². The number of anilines is 1. The minimum absolute atomic E-state index is 0.00641. The summed E-state index contributed by atoms with van der Waals surface area (Å²) in [5.41, 5.74) is 2.56. The lowest BCUT2D eigenvalue weighted by Gasteiger charge is -2.32. The van der Waals surface area contributed by atoms with E-state index < -0.39 is 17.8 Å². The van der Waals surface area contributed by atoms with E-state index in [1.165, 1.54) is 0 Å². The maximum Gasteiger partial charge on any atom is 0.310 e. The molecule has 1 aliphatic heterocycles. The highest BCUT2D eigenvalue weighted by Gasteiger charge is 2.40. The molecular weight excluding hydrogens is 394 g/mol. The summed E-state index contributed by atoms with van der Waals surface area (Å²) in [6, 6.07) is 14.6. The van der Waals surface area contributed by atoms with E-state index in [9.17, 15) is 14.4 Å². The fourth-order valence-corrected chi connectivity index (χ4v) is 4.58. The summed E-state index contributed by atoms with van der Waals surface area (Å²) in [5.74, 6) is -0.981. The Morgan fingerprint density at radius 2 is 1.68 bits per heavy atom. The molecule has 0 saturated heterocycles. The van der Waals surface area contributed by atoms with Crippen molar-refractivity contribution in [3.63, 3.8) is 0 Å². The number of hydrogen-bond acceptors (Lipinski definition) is 5. The Morgan fingerprint density at radius 3 is 2.42 bits per heavy atom. The van der Waals surface area contributed by atoms with Gasteiger partial charge >= 0.3 is 5.97 Å². The number of carbonyl (C=O) groups excluding carboxylic acids is 3. The molecule has 31 heavy (non-hydrogen) atoms. The average molecular weight is 421 g/mol. The Bertz CT molecular complexity index is 968. The molecule has 6 nitrogen and oxygen atoms in total. The summed E-state index contributed by atoms with van der Waals surface area (Å²) in [7, 11) is 1.56. The molecule has 1 saturated carbocycles. The van der Waals surface area contributed by atoms with Crippen LogP contribution in [0.5, 0.6) is 5.75 Å². The second-order valence-electron chi connectivity index (χ2n) is 8.13. The lowest BCUT2D eigenvalue weighted by atomic mass is 9.78. The van der Waals surface area contributed by atoms with Gasteiger partial charge in [-0.3, -0.25) is 14.4 Å². The maximum atomic E-state index is 13.3. The van der Waals surface area contributed by atoms with Gasteiger partial charge in [-0.1, -0.05) is 31.0 Å². The van der Waals surface area contributed by atoms with Gasteiger partial charge in [-0.2, -0.15) is 0 Å². The van der Waals surface area contributed by atoms with Crippen LogP contribution in [-0.4, -0.2) is 37.9 Å². The van der Waals surface area contributed by atoms with Crippen molar-refractivity contribution < 1.29 is 23.9 Å². The van der Waals surface area contributed by atoms with E-state index in [-0.39, 0.29) is 18.3 Å². The number of fused-ring (bicyclic) bond motifs is 1. The third kappa shape index (κ3) is 4.48. The number of amides is 1. The van der Waals surface area contributed by atoms with Gasteiger partial charge in [-0.25, -0.2) is 0 Å². The second-order valence-corrected chi connectivity index (χ2v) is 8.13. The first-order valence-electron chi connectivity index (χ1n) is 10.8. The van der Waals surface area contributed by atoms with Gasteiger partial charge in [0, 0.05) is 17.8 Å². The van der Waals surface area contributed by atoms with E-state index in [0.29, 0.717) is 30.7 Å². The molecule has 162 valence electrons. The molecule has 6 heteroatoms. The van der Waals surface area contributed by atoms with Crippen LogP contribution in [0.2, 0.25) is 0 Å². The number of esters is 1. The molecule has 0 aromatic heterocycles. The van der Waals surface area contributed by atoms with Crippen LogP contribution in [0.25, 0.3) is 0 Å². The summed E-state index contributed by atoms with van der Waals surface area (Å²) in [5, 5.41) is 0. The third-order valence-electron chi connectivity index (χ3n) is 6.30. The quantitative estimate of drug-likeness (QED) is 0.524. The topological polar surface area (TPSA) is 72.9 Å². The third-order valence-corrected chi connectivity index (χ3v) is 6.30. The van der Waals surface area contributed by atoms with Crippen molar-refractivity contribution in [2.45, 2.75) is 32.1 Å². The first-order chi connectivity index (χ1) is 15.1. The standard InChI is InChI=1S/C25H27NO5/c1-30-19-12-10-18(11-13-19)23(27)16-31-25(29)21-8-4-3-7-20(21)24(28)26-15-14-17-6-2-5-9-22(17)26/h2,5-6,9-13,20-21H,3-4,7-8,14-16H2,1H3. The molecule has 2 unspecified atom stereocenters. The number of nitrogens with zero attached hydrogens (tertiary/aromatic N) is 1. The van der Waals surface area contributed by atoms with E-state index in [1.54, 1.807) is 31.4 Å². The van der Waals surface area contributed by atoms with Crippen molar-refractivity contribution in [3.05, 3.63) is 59.7 Å². The number of hydrogen-bond donors (Lipinski definition) is 0. The SMILES string of the molecule is COc1ccc(C(=O)COC(=O)C2CCCCC2C(=O)N2CCc3ccccc32)cc1. The molecule has 2 aromatic carbocycles. The van der Waals surface area contributed by atoms with E-state index in [4.69, 9.17) is 9.47 Å². The largest absolute Gasteiger partial charge is 0.497 e. The van der Waals surface area contributed by atoms with Gasteiger partial charge < -0.3 is 14.4 Å². The fraction of sp³-hybridized carbons (Fsp3) is 0.400. The first kappa shape index (κ1) is 21.1. The zero-order chi connectivity index (χ0) is 21.8. The van der Waals surface area contributed by atoms with Crippen LogP contribution in [-0.2, 0) is 20.7 Å². The van der Waals surface area contributed by atoms with Gasteiger partial charge in [-0.05, 0) is 55.2 Å². The van der Waals surface area contributed by atoms with Gasteiger partial charge in [0.25, 0.3) is 0 Å². The predicted octanol–water partition coefficient (Wildman–Crippen LogP) is 3.82. The fourth-order valence-electron chi connectivity index (χ4n) is 4.58. The second kappa shape index (κ2) is 9.33. The smallest absolute Gasteiger partial charge is 0.310 e. The number of benzene rings is 2. The van der Waals surface area contributed by atoms with Crippen LogP contribution in [0, 0.1) is 11.8 Å². The van der Waals surface area contributed by atoms with E-state index >= 15 is 0 Å². The van der Waals surface area contributed by atoms with Crippen LogP contribution in [0.15, 0.2) is 48.5 Å². The summed E-state index contributed by atoms with van der Waals surface area (Å²) in [4.78, 5) is 40.4. The van der Waals surface area contributed by atoms with Crippen molar-refractivity contribution in [3.8, 4) is 5.75 Å². The van der Waals surface area contributed by atoms with Crippen LogP contribution in [0.4, 0.5) is 5.69 Å². The van der Waals surface area contributed by atoms with Gasteiger partial charge in [0.05, 0.1) is 18.9 Å². The van der Waals surface area contributed by atoms with E-state index in [0.717, 1.165) is 30.5 Å². The number of methoxy groups -OCH3 is 1. The molecular formula is C25H27NO5. The predicted molar refractivity (Wildman–Crippen MR) is 116 cm³/mol. The summed E-state index contributed by atoms with van der Waals surface area (Å²) in [6.07, 6.45) is 3.91. The Balaban J connectivity index is 1.40. The minimum atomic E-state index is -0.502. The van der Waals surface area contributed by atoms with Gasteiger partial charge in [0.15, 0.2) is 12.4 Å². The molecule has 1 fully saturated rings. The van der Waals surface area contributed by atoms with Gasteiger partial charge in [-0.15, -0.1) is 0 Å². The zero-order valence-corrected chi connectivity index (χ0v) is 17.7. The molecule has 2 aromatic rings. The van der Waals surface area contributed by atoms with Crippen LogP contribution in [0.1, 0.15) is 41.6 Å². The summed E-state index contributed by atoms with van der Waals surface area (Å²) in [6.45, 7) is 0.321. The Hall–Kier alpha value is -3.15. The average Bonchev–Trinajstić information content (AvgIpc) is 3.26. The van der Waals surface area contributed by atoms with Crippen molar-refractivity contribution in [1.29, 1.82) is 0 Å². The molecule has 1 aliphatic carbocycles. The van der Waals surface area contributed by atoms with Crippen molar-refractivity contribution in [2.75, 3.05) is 25.2 Å². The molecule has 0 N–H and O–H groups in total. The highest BCUT2D eigenvalue weighted by atomic mass is 16.5. The number of ether oxygens (including phenoxy) is 2. The first-order valence-corrected chi connectivity index (χ1v) is 10.8. The van der Waals surface area contributed by atoms with E-state index in [1.807, 2.05) is 29.2 Å². The van der Waals surface area contributed by atoms with Gasteiger partial charge in [0.2, 0.25) is 5.91 Å². The lowest BCUT2D eigenvalue weighted by molar-refractivity contribution is -0.153. The molecule has 1 heterocycles. The van der Waals surface area contributed by atoms with Gasteiger partial charge in [0.1, 0.15) is 5.75 Å². The number of ketones is 1. The van der Waals surface area contributed by atoms with Crippen molar-refractivity contribution in [1.82, 2.24) is 0 Å². The Morgan fingerprint density at radius 1 is 0.968 bits per heavy atom. The molecule has 0 spiro atoms. The minimum Gasteiger partial charge on any atom is -0.497 e. The highest BCUT2D eigenvalue weighted by Crippen LogP contribution is 2.36. The van der Waals surface area contributed by atoms with Crippen LogP contribution >= 0.6 is 0 Å². The van der Waals surface area contributed by atoms with Crippen LogP contribution < -0.4 is 9.64 Å². The lowest BCUT2D eigenvalue weighted by Crippen LogP contribution is -2.42. The molecule has 4 rings (SSSR count). The Labute approximate surface area is 182 Å². The molecule has 2 aliphatic rings. The number of Topliss-reactive ketones (excluding diaryl/α,β-unsaturated/α-hetero) is 1. The number of para-hydroxylation sites is 1. The van der Waals surface area contributed by atoms with Crippen LogP contribution in [0.3, 0.4) is 0 Å². The Kier molecular flexibility index (Phi) is 6.35. The number of rotatable bonds is 6. The summed E-state index contributed by atoms with van der Waals surface area (Å²) < 4.78 is 10.5. The maximum absolute atomic E-state index is 13.3. The number of carbonyl (C=O) groups is 3. The molecule has 1 amide bonds. The highest BCUT2D eigenvalue weighted by molar-refractivity contribution is 6.00.